The van der Waals surface area contributed by atoms with Gasteiger partial charge in [0.2, 0.25) is 0 Å². The second-order valence-electron chi connectivity index (χ2n) is 3.39. The van der Waals surface area contributed by atoms with E-state index in [4.69, 9.17) is 4.74 Å². The Balaban J connectivity index is 3.00. The predicted octanol–water partition coefficient (Wildman–Crippen LogP) is 1.96. The van der Waals surface area contributed by atoms with Gasteiger partial charge in [-0.25, -0.2) is 0 Å². The van der Waals surface area contributed by atoms with E-state index in [1.165, 1.54) is 0 Å². The summed E-state index contributed by atoms with van der Waals surface area (Å²) in [4.78, 5) is 30.7. The highest BCUT2D eigenvalue weighted by Gasteiger charge is 2.16. The minimum absolute atomic E-state index is 0.164. The molecule has 0 saturated heterocycles. The number of esters is 1. The molecule has 0 unspecified atom stereocenters. The van der Waals surface area contributed by atoms with Crippen LogP contribution in [0, 0.1) is 20.2 Å². The first-order valence-corrected chi connectivity index (χ1v) is 5.02. The zero-order valence-corrected chi connectivity index (χ0v) is 9.49. The van der Waals surface area contributed by atoms with Crippen molar-refractivity contribution in [2.45, 2.75) is 20.0 Å². The molecule has 0 aromatic heterocycles. The van der Waals surface area contributed by atoms with E-state index < -0.39 is 27.2 Å². The number of nitrogens with zero attached hydrogens (tertiary/aromatic N) is 2. The quantitative estimate of drug-likeness (QED) is 0.450. The highest BCUT2D eigenvalue weighted by molar-refractivity contribution is 5.68. The molecule has 0 N–H and O–H groups in total. The van der Waals surface area contributed by atoms with E-state index in [0.717, 1.165) is 18.2 Å². The van der Waals surface area contributed by atoms with Gasteiger partial charge in [-0.2, -0.15) is 0 Å². The summed E-state index contributed by atoms with van der Waals surface area (Å²) in [5.41, 5.74) is -0.615. The van der Waals surface area contributed by atoms with Crippen LogP contribution in [0.1, 0.15) is 18.9 Å². The van der Waals surface area contributed by atoms with Gasteiger partial charge in [-0.05, 0) is 0 Å². The first kappa shape index (κ1) is 13.6. The molecule has 0 bridgehead atoms. The van der Waals surface area contributed by atoms with Crippen molar-refractivity contribution >= 4 is 17.3 Å². The van der Waals surface area contributed by atoms with Crippen LogP contribution in [0.4, 0.5) is 11.4 Å². The number of carbonyl (C=O) groups excluding carboxylic acids is 1. The Morgan fingerprint density at radius 2 is 1.67 bits per heavy atom. The third-order valence-corrected chi connectivity index (χ3v) is 2.07. The molecule has 1 rings (SSSR count). The van der Waals surface area contributed by atoms with Crippen molar-refractivity contribution in [2.75, 3.05) is 0 Å². The van der Waals surface area contributed by atoms with Gasteiger partial charge in [0.25, 0.3) is 11.4 Å². The fraction of sp³-hybridized carbons (Fsp3) is 0.300. The number of hydrogen-bond donors (Lipinski definition) is 0. The first-order valence-electron chi connectivity index (χ1n) is 5.02. The van der Waals surface area contributed by atoms with E-state index in [1.807, 2.05) is 0 Å². The van der Waals surface area contributed by atoms with E-state index in [2.05, 4.69) is 0 Å². The number of rotatable bonds is 5. The lowest BCUT2D eigenvalue weighted by Crippen LogP contribution is -2.03. The molecule has 0 amide bonds. The highest BCUT2D eigenvalue weighted by atomic mass is 16.6. The Kier molecular flexibility index (Phi) is 4.30. The Morgan fingerprint density at radius 3 is 2.06 bits per heavy atom. The molecule has 0 radical (unpaired) electrons. The number of nitro groups is 2. The van der Waals surface area contributed by atoms with Gasteiger partial charge in [0.05, 0.1) is 15.9 Å². The summed E-state index contributed by atoms with van der Waals surface area (Å²) in [6.45, 7) is 1.37. The van der Waals surface area contributed by atoms with Crippen LogP contribution in [0.2, 0.25) is 0 Å². The van der Waals surface area contributed by atoms with Crippen molar-refractivity contribution in [3.63, 3.8) is 0 Å². The van der Waals surface area contributed by atoms with Crippen molar-refractivity contribution in [3.05, 3.63) is 44.0 Å². The minimum Gasteiger partial charge on any atom is -0.461 e. The Labute approximate surface area is 101 Å². The van der Waals surface area contributed by atoms with Gasteiger partial charge in [-0.15, -0.1) is 0 Å². The van der Waals surface area contributed by atoms with E-state index in [9.17, 15) is 25.0 Å². The first-order chi connectivity index (χ1) is 8.43. The largest absolute Gasteiger partial charge is 0.461 e. The highest BCUT2D eigenvalue weighted by Crippen LogP contribution is 2.23. The number of non-ortho nitro benzene ring substituents is 2. The number of nitro benzene ring substituents is 2. The Hall–Kier alpha value is -2.51. The van der Waals surface area contributed by atoms with Crippen LogP contribution in [-0.4, -0.2) is 15.8 Å². The average molecular weight is 254 g/mol. The minimum atomic E-state index is -0.738. The van der Waals surface area contributed by atoms with Crippen molar-refractivity contribution in [2.24, 2.45) is 0 Å². The van der Waals surface area contributed by atoms with E-state index in [0.29, 0.717) is 0 Å². The zero-order chi connectivity index (χ0) is 13.7. The molecule has 8 nitrogen and oxygen atoms in total. The number of carbonyl (C=O) groups is 1. The SMILES string of the molecule is CCC(=O)OCc1cc([N+](=O)[O-])cc([N+](=O)[O-])c1. The van der Waals surface area contributed by atoms with Crippen LogP contribution in [-0.2, 0) is 16.1 Å². The summed E-state index contributed by atoms with van der Waals surface area (Å²) in [6, 6.07) is 3.12. The molecular weight excluding hydrogens is 244 g/mol. The lowest BCUT2D eigenvalue weighted by Gasteiger charge is -2.03. The molecule has 0 fully saturated rings. The van der Waals surface area contributed by atoms with Gasteiger partial charge in [0.15, 0.2) is 0 Å². The number of benzene rings is 1. The van der Waals surface area contributed by atoms with Gasteiger partial charge in [-0.3, -0.25) is 25.0 Å². The third-order valence-electron chi connectivity index (χ3n) is 2.07. The zero-order valence-electron chi connectivity index (χ0n) is 9.49. The van der Waals surface area contributed by atoms with Crippen molar-refractivity contribution in [1.29, 1.82) is 0 Å². The van der Waals surface area contributed by atoms with Gasteiger partial charge in [-0.1, -0.05) is 6.92 Å². The van der Waals surface area contributed by atoms with Crippen LogP contribution >= 0.6 is 0 Å². The second-order valence-corrected chi connectivity index (χ2v) is 3.39. The monoisotopic (exact) mass is 254 g/mol. The standard InChI is InChI=1S/C10H10N2O6/c1-2-10(13)18-6-7-3-8(11(14)15)5-9(4-7)12(16)17/h3-5H,2,6H2,1H3. The molecule has 0 aliphatic rings. The fourth-order valence-corrected chi connectivity index (χ4v) is 1.22. The molecule has 1 aromatic carbocycles. The van der Waals surface area contributed by atoms with Gasteiger partial charge >= 0.3 is 5.97 Å². The number of ether oxygens (including phenoxy) is 1. The molecule has 1 aromatic rings. The third kappa shape index (κ3) is 3.51. The summed E-state index contributed by atoms with van der Waals surface area (Å²) >= 11 is 0. The summed E-state index contributed by atoms with van der Waals surface area (Å²) in [5.74, 6) is -0.482. The van der Waals surface area contributed by atoms with E-state index in [1.54, 1.807) is 6.92 Å². The number of hydrogen-bond acceptors (Lipinski definition) is 6. The molecule has 0 spiro atoms. The molecule has 0 aliphatic heterocycles. The van der Waals surface area contributed by atoms with Crippen molar-refractivity contribution < 1.29 is 19.4 Å². The predicted molar refractivity (Wildman–Crippen MR) is 59.8 cm³/mol. The lowest BCUT2D eigenvalue weighted by atomic mass is 10.2. The van der Waals surface area contributed by atoms with Crippen molar-refractivity contribution in [1.82, 2.24) is 0 Å². The van der Waals surface area contributed by atoms with Gasteiger partial charge < -0.3 is 4.74 Å². The molecule has 0 atom stereocenters. The van der Waals surface area contributed by atoms with Crippen LogP contribution in [0.5, 0.6) is 0 Å². The van der Waals surface area contributed by atoms with E-state index >= 15 is 0 Å². The smallest absolute Gasteiger partial charge is 0.305 e. The van der Waals surface area contributed by atoms with Gasteiger partial charge in [0, 0.05) is 24.1 Å². The van der Waals surface area contributed by atoms with Crippen molar-refractivity contribution in [3.8, 4) is 0 Å². The summed E-state index contributed by atoms with van der Waals surface area (Å²) in [7, 11) is 0. The van der Waals surface area contributed by atoms with E-state index in [-0.39, 0.29) is 18.6 Å². The summed E-state index contributed by atoms with van der Waals surface area (Å²) in [5, 5.41) is 21.2. The normalized spacial score (nSPS) is 9.83. The second kappa shape index (κ2) is 5.71. The van der Waals surface area contributed by atoms with Crippen LogP contribution in [0.15, 0.2) is 18.2 Å². The fourth-order valence-electron chi connectivity index (χ4n) is 1.22. The topological polar surface area (TPSA) is 113 Å². The average Bonchev–Trinajstić information content (AvgIpc) is 2.35. The van der Waals surface area contributed by atoms with Crippen LogP contribution in [0.3, 0.4) is 0 Å². The van der Waals surface area contributed by atoms with Gasteiger partial charge in [0.1, 0.15) is 6.61 Å². The lowest BCUT2D eigenvalue weighted by molar-refractivity contribution is -0.394. The maximum atomic E-state index is 10.9. The van der Waals surface area contributed by atoms with Crippen LogP contribution in [0.25, 0.3) is 0 Å². The summed E-state index contributed by atoms with van der Waals surface area (Å²) < 4.78 is 4.76. The molecular formula is C10H10N2O6. The van der Waals surface area contributed by atoms with Crippen LogP contribution < -0.4 is 0 Å². The maximum absolute atomic E-state index is 10.9. The molecule has 0 aliphatic carbocycles. The molecule has 0 saturated carbocycles. The Morgan fingerprint density at radius 1 is 1.17 bits per heavy atom. The maximum Gasteiger partial charge on any atom is 0.305 e. The Bertz CT molecular complexity index is 467. The molecule has 0 heterocycles. The molecule has 96 valence electrons. The molecule has 8 heteroatoms. The molecule has 18 heavy (non-hydrogen) atoms. The summed E-state index contributed by atoms with van der Waals surface area (Å²) in [6.07, 6.45) is 0.164.